The van der Waals surface area contributed by atoms with Gasteiger partial charge in [0.25, 0.3) is 0 Å². The first-order valence-corrected chi connectivity index (χ1v) is 9.55. The van der Waals surface area contributed by atoms with Crippen LogP contribution in [0.5, 0.6) is 0 Å². The van der Waals surface area contributed by atoms with Crippen molar-refractivity contribution in [2.75, 3.05) is 31.9 Å². The molecule has 1 aliphatic carbocycles. The fourth-order valence-electron chi connectivity index (χ4n) is 2.69. The van der Waals surface area contributed by atoms with E-state index in [2.05, 4.69) is 0 Å². The van der Waals surface area contributed by atoms with Gasteiger partial charge in [0.05, 0.1) is 5.75 Å². The van der Waals surface area contributed by atoms with Crippen LogP contribution in [0.2, 0.25) is 5.02 Å². The van der Waals surface area contributed by atoms with Crippen LogP contribution in [-0.4, -0.2) is 53.5 Å². The number of amides is 2. The van der Waals surface area contributed by atoms with E-state index in [-0.39, 0.29) is 17.7 Å². The number of halogens is 1. The summed E-state index contributed by atoms with van der Waals surface area (Å²) >= 11 is 7.48. The third-order valence-corrected chi connectivity index (χ3v) is 5.52. The maximum atomic E-state index is 12.2. The topological polar surface area (TPSA) is 40.6 Å². The van der Waals surface area contributed by atoms with E-state index < -0.39 is 0 Å². The van der Waals surface area contributed by atoms with Gasteiger partial charge in [0, 0.05) is 42.9 Å². The molecule has 0 bridgehead atoms. The van der Waals surface area contributed by atoms with E-state index in [1.165, 1.54) is 5.56 Å². The molecular formula is C17H21ClN2O2S. The minimum atomic E-state index is 0.169. The average molecular weight is 353 g/mol. The summed E-state index contributed by atoms with van der Waals surface area (Å²) in [6, 6.07) is 7.72. The van der Waals surface area contributed by atoms with Crippen LogP contribution in [0.15, 0.2) is 24.3 Å². The molecule has 0 spiro atoms. The summed E-state index contributed by atoms with van der Waals surface area (Å²) < 4.78 is 0. The maximum Gasteiger partial charge on any atom is 0.232 e. The predicted octanol–water partition coefficient (Wildman–Crippen LogP) is 2.65. The normalized spacial score (nSPS) is 18.1. The van der Waals surface area contributed by atoms with Crippen molar-refractivity contribution < 1.29 is 9.59 Å². The van der Waals surface area contributed by atoms with E-state index in [1.807, 2.05) is 34.1 Å². The molecule has 4 nitrogen and oxygen atoms in total. The van der Waals surface area contributed by atoms with Crippen molar-refractivity contribution >= 4 is 35.2 Å². The second kappa shape index (κ2) is 7.58. The third kappa shape index (κ3) is 4.64. The zero-order chi connectivity index (χ0) is 16.2. The first-order valence-electron chi connectivity index (χ1n) is 8.02. The number of thioether (sulfide) groups is 1. The van der Waals surface area contributed by atoms with Crippen LogP contribution in [0.4, 0.5) is 0 Å². The van der Waals surface area contributed by atoms with Gasteiger partial charge in [0.2, 0.25) is 11.8 Å². The van der Waals surface area contributed by atoms with Gasteiger partial charge in [-0.1, -0.05) is 23.7 Å². The Hall–Kier alpha value is -1.20. The summed E-state index contributed by atoms with van der Waals surface area (Å²) in [7, 11) is 0. The molecule has 0 N–H and O–H groups in total. The monoisotopic (exact) mass is 352 g/mol. The Morgan fingerprint density at radius 1 is 1.04 bits per heavy atom. The summed E-state index contributed by atoms with van der Waals surface area (Å²) in [5, 5.41) is 0.730. The third-order valence-electron chi connectivity index (χ3n) is 4.28. The van der Waals surface area contributed by atoms with Crippen LogP contribution in [0.1, 0.15) is 18.4 Å². The molecule has 124 valence electrons. The minimum absolute atomic E-state index is 0.169. The standard InChI is InChI=1S/C17H21ClN2O2S/c18-15-5-1-13(2-6-15)11-23-12-16(21)19-7-9-20(10-8-19)17(22)14-3-4-14/h1-2,5-6,14H,3-4,7-12H2. The second-order valence-corrected chi connectivity index (χ2v) is 7.52. The zero-order valence-corrected chi connectivity index (χ0v) is 14.6. The number of rotatable bonds is 5. The van der Waals surface area contributed by atoms with Crippen LogP contribution >= 0.6 is 23.4 Å². The molecule has 1 heterocycles. The maximum absolute atomic E-state index is 12.2. The zero-order valence-electron chi connectivity index (χ0n) is 13.0. The van der Waals surface area contributed by atoms with E-state index in [0.717, 1.165) is 23.6 Å². The molecule has 1 saturated carbocycles. The molecule has 6 heteroatoms. The lowest BCUT2D eigenvalue weighted by molar-refractivity contribution is -0.139. The molecule has 23 heavy (non-hydrogen) atoms. The number of carbonyl (C=O) groups is 2. The molecule has 0 radical (unpaired) electrons. The quantitative estimate of drug-likeness (QED) is 0.818. The van der Waals surface area contributed by atoms with Gasteiger partial charge in [-0.25, -0.2) is 0 Å². The van der Waals surface area contributed by atoms with Crippen molar-refractivity contribution in [1.82, 2.24) is 9.80 Å². The van der Waals surface area contributed by atoms with Crippen molar-refractivity contribution in [1.29, 1.82) is 0 Å². The van der Waals surface area contributed by atoms with Crippen molar-refractivity contribution in [3.63, 3.8) is 0 Å². The number of nitrogens with zero attached hydrogens (tertiary/aromatic N) is 2. The number of carbonyl (C=O) groups excluding carboxylic acids is 2. The minimum Gasteiger partial charge on any atom is -0.339 e. The molecule has 1 aliphatic heterocycles. The van der Waals surface area contributed by atoms with E-state index in [1.54, 1.807) is 11.8 Å². The van der Waals surface area contributed by atoms with Gasteiger partial charge in [0.1, 0.15) is 0 Å². The van der Waals surface area contributed by atoms with Crippen LogP contribution in [0, 0.1) is 5.92 Å². The first kappa shape index (κ1) is 16.7. The lowest BCUT2D eigenvalue weighted by atomic mass is 10.2. The van der Waals surface area contributed by atoms with Crippen LogP contribution < -0.4 is 0 Å². The van der Waals surface area contributed by atoms with Gasteiger partial charge in [-0.05, 0) is 30.5 Å². The van der Waals surface area contributed by atoms with Crippen LogP contribution in [-0.2, 0) is 15.3 Å². The molecule has 2 fully saturated rings. The van der Waals surface area contributed by atoms with Crippen molar-refractivity contribution in [3.8, 4) is 0 Å². The highest BCUT2D eigenvalue weighted by Gasteiger charge is 2.35. The Labute approximate surface area is 146 Å². The fourth-order valence-corrected chi connectivity index (χ4v) is 3.71. The fraction of sp³-hybridized carbons (Fsp3) is 0.529. The van der Waals surface area contributed by atoms with E-state index >= 15 is 0 Å². The molecular weight excluding hydrogens is 332 g/mol. The first-order chi connectivity index (χ1) is 11.1. The summed E-state index contributed by atoms with van der Waals surface area (Å²) in [6.45, 7) is 2.70. The largest absolute Gasteiger partial charge is 0.339 e. The smallest absolute Gasteiger partial charge is 0.232 e. The van der Waals surface area contributed by atoms with Gasteiger partial charge >= 0.3 is 0 Å². The van der Waals surface area contributed by atoms with E-state index in [4.69, 9.17) is 11.6 Å². The summed E-state index contributed by atoms with van der Waals surface area (Å²) in [5.74, 6) is 2.02. The average Bonchev–Trinajstić information content (AvgIpc) is 3.41. The lowest BCUT2D eigenvalue weighted by Crippen LogP contribution is -2.51. The van der Waals surface area contributed by atoms with Gasteiger partial charge in [-0.3, -0.25) is 9.59 Å². The van der Waals surface area contributed by atoms with Gasteiger partial charge < -0.3 is 9.80 Å². The van der Waals surface area contributed by atoms with Crippen molar-refractivity contribution in [2.24, 2.45) is 5.92 Å². The molecule has 1 aromatic rings. The highest BCUT2D eigenvalue weighted by Crippen LogP contribution is 2.31. The summed E-state index contributed by atoms with van der Waals surface area (Å²) in [4.78, 5) is 28.0. The Morgan fingerprint density at radius 3 is 2.26 bits per heavy atom. The Balaban J connectivity index is 1.37. The second-order valence-electron chi connectivity index (χ2n) is 6.10. The van der Waals surface area contributed by atoms with Gasteiger partial charge in [0.15, 0.2) is 0 Å². The van der Waals surface area contributed by atoms with E-state index in [9.17, 15) is 9.59 Å². The Morgan fingerprint density at radius 2 is 1.65 bits per heavy atom. The highest BCUT2D eigenvalue weighted by atomic mass is 35.5. The molecule has 0 aromatic heterocycles. The molecule has 3 rings (SSSR count). The molecule has 1 saturated heterocycles. The lowest BCUT2D eigenvalue weighted by Gasteiger charge is -2.35. The molecule has 0 atom stereocenters. The summed E-state index contributed by atoms with van der Waals surface area (Å²) in [5.41, 5.74) is 1.17. The van der Waals surface area contributed by atoms with E-state index in [0.29, 0.717) is 31.9 Å². The highest BCUT2D eigenvalue weighted by molar-refractivity contribution is 7.99. The predicted molar refractivity (Wildman–Crippen MR) is 93.5 cm³/mol. The molecule has 1 aromatic carbocycles. The molecule has 0 unspecified atom stereocenters. The molecule has 2 aliphatic rings. The Bertz CT molecular complexity index is 566. The van der Waals surface area contributed by atoms with Crippen molar-refractivity contribution in [3.05, 3.63) is 34.9 Å². The van der Waals surface area contributed by atoms with Crippen molar-refractivity contribution in [2.45, 2.75) is 18.6 Å². The number of hydrogen-bond donors (Lipinski definition) is 0. The van der Waals surface area contributed by atoms with Gasteiger partial charge in [-0.15, -0.1) is 11.8 Å². The Kier molecular flexibility index (Phi) is 5.49. The number of hydrogen-bond acceptors (Lipinski definition) is 3. The number of piperazine rings is 1. The SMILES string of the molecule is O=C(CSCc1ccc(Cl)cc1)N1CCN(C(=O)C2CC2)CC1. The van der Waals surface area contributed by atoms with Crippen LogP contribution in [0.3, 0.4) is 0 Å². The van der Waals surface area contributed by atoms with Crippen LogP contribution in [0.25, 0.3) is 0 Å². The van der Waals surface area contributed by atoms with Gasteiger partial charge in [-0.2, -0.15) is 0 Å². The summed E-state index contributed by atoms with van der Waals surface area (Å²) in [6.07, 6.45) is 2.08. The molecule has 2 amide bonds. The number of benzene rings is 1.